The van der Waals surface area contributed by atoms with E-state index in [-0.39, 0.29) is 11.8 Å². The van der Waals surface area contributed by atoms with Crippen molar-refractivity contribution in [3.8, 4) is 11.3 Å². The standard InChI is InChI=1S/C24H26BrN3OS/c25-21-10-8-19(9-11-21)22-17-30-24(27-22)28-15-12-20(13-16-28)23(29)26-14-4-7-18-5-2-1-3-6-18/h1-3,5-6,8-11,17,20H,4,7,12-16H2,(H,26,29). The smallest absolute Gasteiger partial charge is 0.223 e. The van der Waals surface area contributed by atoms with Gasteiger partial charge >= 0.3 is 0 Å². The number of carbonyl (C=O) groups excluding carboxylic acids is 1. The summed E-state index contributed by atoms with van der Waals surface area (Å²) in [5, 5.41) is 6.30. The number of rotatable bonds is 7. The largest absolute Gasteiger partial charge is 0.356 e. The summed E-state index contributed by atoms with van der Waals surface area (Å²) in [5.41, 5.74) is 3.47. The van der Waals surface area contributed by atoms with E-state index in [4.69, 9.17) is 4.98 Å². The zero-order valence-corrected chi connectivity index (χ0v) is 19.3. The summed E-state index contributed by atoms with van der Waals surface area (Å²) in [6.07, 6.45) is 3.76. The number of thiazole rings is 1. The summed E-state index contributed by atoms with van der Waals surface area (Å²) < 4.78 is 1.07. The Balaban J connectivity index is 1.22. The number of piperidine rings is 1. The van der Waals surface area contributed by atoms with Gasteiger partial charge in [0.15, 0.2) is 5.13 Å². The molecule has 1 amide bonds. The van der Waals surface area contributed by atoms with Crippen LogP contribution in [0, 0.1) is 5.92 Å². The molecular formula is C24H26BrN3OS. The first kappa shape index (κ1) is 21.1. The lowest BCUT2D eigenvalue weighted by molar-refractivity contribution is -0.125. The average Bonchev–Trinajstić information content (AvgIpc) is 3.28. The van der Waals surface area contributed by atoms with Crippen molar-refractivity contribution in [1.82, 2.24) is 10.3 Å². The molecule has 1 fully saturated rings. The molecule has 0 atom stereocenters. The van der Waals surface area contributed by atoms with E-state index < -0.39 is 0 Å². The van der Waals surface area contributed by atoms with Crippen LogP contribution in [0.25, 0.3) is 11.3 Å². The van der Waals surface area contributed by atoms with Crippen molar-refractivity contribution in [3.05, 3.63) is 70.0 Å². The van der Waals surface area contributed by atoms with E-state index >= 15 is 0 Å². The van der Waals surface area contributed by atoms with Crippen LogP contribution < -0.4 is 10.2 Å². The first-order valence-electron chi connectivity index (χ1n) is 10.5. The number of hydrogen-bond acceptors (Lipinski definition) is 4. The maximum Gasteiger partial charge on any atom is 0.223 e. The highest BCUT2D eigenvalue weighted by atomic mass is 79.9. The normalized spacial score (nSPS) is 14.6. The Bertz CT molecular complexity index is 950. The zero-order chi connectivity index (χ0) is 20.8. The maximum absolute atomic E-state index is 12.5. The highest BCUT2D eigenvalue weighted by Crippen LogP contribution is 2.30. The Morgan fingerprint density at radius 3 is 2.57 bits per heavy atom. The van der Waals surface area contributed by atoms with Gasteiger partial charge in [-0.15, -0.1) is 11.3 Å². The van der Waals surface area contributed by atoms with Crippen molar-refractivity contribution in [1.29, 1.82) is 0 Å². The van der Waals surface area contributed by atoms with Crippen LogP contribution in [0.2, 0.25) is 0 Å². The van der Waals surface area contributed by atoms with Gasteiger partial charge in [0.1, 0.15) is 0 Å². The molecule has 3 aromatic rings. The number of nitrogens with zero attached hydrogens (tertiary/aromatic N) is 2. The van der Waals surface area contributed by atoms with E-state index in [9.17, 15) is 4.79 Å². The maximum atomic E-state index is 12.5. The lowest BCUT2D eigenvalue weighted by atomic mass is 9.96. The van der Waals surface area contributed by atoms with E-state index in [1.807, 2.05) is 18.2 Å². The predicted molar refractivity (Wildman–Crippen MR) is 128 cm³/mol. The molecule has 1 aromatic heterocycles. The quantitative estimate of drug-likeness (QED) is 0.448. The number of aromatic nitrogens is 1. The lowest BCUT2D eigenvalue weighted by Gasteiger charge is -2.31. The van der Waals surface area contributed by atoms with Gasteiger partial charge < -0.3 is 10.2 Å². The third-order valence-electron chi connectivity index (χ3n) is 5.55. The van der Waals surface area contributed by atoms with Crippen molar-refractivity contribution in [2.45, 2.75) is 25.7 Å². The predicted octanol–water partition coefficient (Wildman–Crippen LogP) is 5.54. The summed E-state index contributed by atoms with van der Waals surface area (Å²) in [6.45, 7) is 2.52. The molecule has 6 heteroatoms. The minimum atomic E-state index is 0.115. The monoisotopic (exact) mass is 483 g/mol. The number of aryl methyl sites for hydroxylation is 1. The molecule has 30 heavy (non-hydrogen) atoms. The third kappa shape index (κ3) is 5.49. The Labute approximate surface area is 190 Å². The van der Waals surface area contributed by atoms with Gasteiger partial charge in [0, 0.05) is 41.0 Å². The summed E-state index contributed by atoms with van der Waals surface area (Å²) in [5.74, 6) is 0.321. The van der Waals surface area contributed by atoms with Crippen molar-refractivity contribution < 1.29 is 4.79 Å². The van der Waals surface area contributed by atoms with E-state index in [1.54, 1.807) is 11.3 Å². The van der Waals surface area contributed by atoms with E-state index in [2.05, 4.69) is 67.9 Å². The number of benzene rings is 2. The van der Waals surface area contributed by atoms with Crippen LogP contribution in [0.5, 0.6) is 0 Å². The number of halogens is 1. The summed E-state index contributed by atoms with van der Waals surface area (Å²) in [6, 6.07) is 18.7. The third-order valence-corrected chi connectivity index (χ3v) is 6.98. The van der Waals surface area contributed by atoms with Crippen LogP contribution in [0.3, 0.4) is 0 Å². The van der Waals surface area contributed by atoms with Gasteiger partial charge in [0.25, 0.3) is 0 Å². The molecule has 0 unspecified atom stereocenters. The molecule has 2 aromatic carbocycles. The zero-order valence-electron chi connectivity index (χ0n) is 16.9. The number of carbonyl (C=O) groups is 1. The van der Waals surface area contributed by atoms with Crippen molar-refractivity contribution in [3.63, 3.8) is 0 Å². The Kier molecular flexibility index (Phi) is 7.18. The molecule has 156 valence electrons. The van der Waals surface area contributed by atoms with Crippen LogP contribution in [0.4, 0.5) is 5.13 Å². The minimum Gasteiger partial charge on any atom is -0.356 e. The molecule has 0 radical (unpaired) electrons. The first-order chi connectivity index (χ1) is 14.7. The molecule has 1 aliphatic rings. The van der Waals surface area contributed by atoms with Gasteiger partial charge in [-0.3, -0.25) is 4.79 Å². The van der Waals surface area contributed by atoms with E-state index in [0.717, 1.165) is 66.2 Å². The van der Waals surface area contributed by atoms with Gasteiger partial charge in [-0.05, 0) is 43.4 Å². The second kappa shape index (κ2) is 10.2. The summed E-state index contributed by atoms with van der Waals surface area (Å²) >= 11 is 5.16. The Morgan fingerprint density at radius 2 is 1.83 bits per heavy atom. The molecule has 0 bridgehead atoms. The summed E-state index contributed by atoms with van der Waals surface area (Å²) in [4.78, 5) is 19.7. The number of nitrogens with one attached hydrogen (secondary N) is 1. The van der Waals surface area contributed by atoms with E-state index in [1.165, 1.54) is 5.56 Å². The van der Waals surface area contributed by atoms with Crippen LogP contribution in [-0.4, -0.2) is 30.5 Å². The molecule has 0 saturated carbocycles. The Morgan fingerprint density at radius 1 is 1.10 bits per heavy atom. The number of hydrogen-bond donors (Lipinski definition) is 1. The number of anilines is 1. The molecular weight excluding hydrogens is 458 g/mol. The molecule has 1 aliphatic heterocycles. The highest BCUT2D eigenvalue weighted by molar-refractivity contribution is 9.10. The highest BCUT2D eigenvalue weighted by Gasteiger charge is 2.26. The molecule has 1 N–H and O–H groups in total. The van der Waals surface area contributed by atoms with E-state index in [0.29, 0.717) is 0 Å². The van der Waals surface area contributed by atoms with Crippen molar-refractivity contribution >= 4 is 38.3 Å². The fourth-order valence-corrected chi connectivity index (χ4v) is 4.94. The van der Waals surface area contributed by atoms with Gasteiger partial charge in [-0.1, -0.05) is 58.4 Å². The SMILES string of the molecule is O=C(NCCCc1ccccc1)C1CCN(c2nc(-c3ccc(Br)cc3)cs2)CC1. The molecule has 4 nitrogen and oxygen atoms in total. The molecule has 0 aliphatic carbocycles. The first-order valence-corrected chi connectivity index (χ1v) is 12.1. The van der Waals surface area contributed by atoms with Gasteiger partial charge in [0.2, 0.25) is 5.91 Å². The molecule has 4 rings (SSSR count). The second-order valence-corrected chi connectivity index (χ2v) is 9.42. The lowest BCUT2D eigenvalue weighted by Crippen LogP contribution is -2.40. The molecule has 2 heterocycles. The van der Waals surface area contributed by atoms with Crippen LogP contribution >= 0.6 is 27.3 Å². The van der Waals surface area contributed by atoms with Gasteiger partial charge in [-0.25, -0.2) is 4.98 Å². The number of amides is 1. The van der Waals surface area contributed by atoms with Gasteiger partial charge in [0.05, 0.1) is 5.69 Å². The topological polar surface area (TPSA) is 45.2 Å². The molecule has 0 spiro atoms. The summed E-state index contributed by atoms with van der Waals surface area (Å²) in [7, 11) is 0. The van der Waals surface area contributed by atoms with Crippen molar-refractivity contribution in [2.24, 2.45) is 5.92 Å². The minimum absolute atomic E-state index is 0.115. The Hall–Kier alpha value is -2.18. The average molecular weight is 484 g/mol. The van der Waals surface area contributed by atoms with Crippen LogP contribution in [0.15, 0.2) is 64.5 Å². The second-order valence-electron chi connectivity index (χ2n) is 7.66. The van der Waals surface area contributed by atoms with Crippen LogP contribution in [-0.2, 0) is 11.2 Å². The fraction of sp³-hybridized carbons (Fsp3) is 0.333. The van der Waals surface area contributed by atoms with Crippen molar-refractivity contribution in [2.75, 3.05) is 24.5 Å². The van der Waals surface area contributed by atoms with Gasteiger partial charge in [-0.2, -0.15) is 0 Å². The van der Waals surface area contributed by atoms with Crippen LogP contribution in [0.1, 0.15) is 24.8 Å². The molecule has 1 saturated heterocycles. The fourth-order valence-electron chi connectivity index (χ4n) is 3.79.